The first-order valence-corrected chi connectivity index (χ1v) is 5.52. The molecule has 0 saturated carbocycles. The second-order valence-corrected chi connectivity index (χ2v) is 4.36. The number of hydrogen-bond donors (Lipinski definition) is 0. The van der Waals surface area contributed by atoms with E-state index in [2.05, 4.69) is 38.0 Å². The summed E-state index contributed by atoms with van der Waals surface area (Å²) in [5.74, 6) is 0. The molecule has 76 valence electrons. The molecule has 0 atom stereocenters. The molecule has 0 aliphatic heterocycles. The third-order valence-electron chi connectivity index (χ3n) is 2.43. The maximum absolute atomic E-state index is 4.32. The molecule has 0 aliphatic carbocycles. The van der Waals surface area contributed by atoms with Crippen LogP contribution in [0.2, 0.25) is 0 Å². The van der Waals surface area contributed by atoms with Gasteiger partial charge in [-0.2, -0.15) is 0 Å². The van der Waals surface area contributed by atoms with Gasteiger partial charge in [-0.3, -0.25) is 0 Å². The maximum Gasteiger partial charge on any atom is 0.116 e. The molecule has 0 aliphatic rings. The number of aryl methyl sites for hydroxylation is 1. The van der Waals surface area contributed by atoms with Gasteiger partial charge in [-0.1, -0.05) is 28.1 Å². The maximum atomic E-state index is 4.32. The molecule has 0 fully saturated rings. The van der Waals surface area contributed by atoms with E-state index in [4.69, 9.17) is 0 Å². The molecular weight excluding hydrogens is 252 g/mol. The molecule has 0 unspecified atom stereocenters. The van der Waals surface area contributed by atoms with Gasteiger partial charge in [0, 0.05) is 15.7 Å². The van der Waals surface area contributed by atoms with Crippen molar-refractivity contribution in [1.82, 2.24) is 9.97 Å². The van der Waals surface area contributed by atoms with Crippen LogP contribution >= 0.6 is 15.9 Å². The zero-order valence-corrected chi connectivity index (χ0v) is 10.2. The summed E-state index contributed by atoms with van der Waals surface area (Å²) in [6.07, 6.45) is 1.61. The van der Waals surface area contributed by atoms with Crippen molar-refractivity contribution in [3.05, 3.63) is 46.3 Å². The summed E-state index contributed by atoms with van der Waals surface area (Å²) in [5.41, 5.74) is 4.28. The molecule has 2 aromatic rings. The lowest BCUT2D eigenvalue weighted by atomic mass is 10.1. The molecule has 0 amide bonds. The molecule has 1 aromatic carbocycles. The van der Waals surface area contributed by atoms with Gasteiger partial charge in [0.1, 0.15) is 6.33 Å². The highest BCUT2D eigenvalue weighted by Crippen LogP contribution is 2.24. The highest BCUT2D eigenvalue weighted by atomic mass is 79.9. The van der Waals surface area contributed by atoms with Crippen molar-refractivity contribution in [2.24, 2.45) is 0 Å². The number of aromatic nitrogens is 2. The molecular formula is C12H11BrN2. The fraction of sp³-hybridized carbons (Fsp3) is 0.167. The Labute approximate surface area is 97.5 Å². The topological polar surface area (TPSA) is 25.8 Å². The van der Waals surface area contributed by atoms with Gasteiger partial charge in [0.25, 0.3) is 0 Å². The van der Waals surface area contributed by atoms with E-state index in [0.29, 0.717) is 0 Å². The largest absolute Gasteiger partial charge is 0.241 e. The van der Waals surface area contributed by atoms with E-state index in [1.54, 1.807) is 6.33 Å². The highest BCUT2D eigenvalue weighted by molar-refractivity contribution is 9.10. The second-order valence-electron chi connectivity index (χ2n) is 3.44. The van der Waals surface area contributed by atoms with E-state index >= 15 is 0 Å². The lowest BCUT2D eigenvalue weighted by Gasteiger charge is -2.06. The van der Waals surface area contributed by atoms with Gasteiger partial charge in [0.15, 0.2) is 0 Å². The van der Waals surface area contributed by atoms with Crippen molar-refractivity contribution in [3.8, 4) is 11.3 Å². The molecule has 2 nitrogen and oxygen atoms in total. The van der Waals surface area contributed by atoms with Crippen LogP contribution < -0.4 is 0 Å². The normalized spacial score (nSPS) is 10.3. The molecule has 15 heavy (non-hydrogen) atoms. The summed E-state index contributed by atoms with van der Waals surface area (Å²) in [6, 6.07) is 8.14. The molecule has 0 spiro atoms. The van der Waals surface area contributed by atoms with Gasteiger partial charge in [-0.15, -0.1) is 0 Å². The van der Waals surface area contributed by atoms with Crippen molar-refractivity contribution in [2.75, 3.05) is 0 Å². The van der Waals surface area contributed by atoms with Gasteiger partial charge in [0.05, 0.1) is 5.69 Å². The van der Waals surface area contributed by atoms with Crippen LogP contribution in [0.15, 0.2) is 35.1 Å². The van der Waals surface area contributed by atoms with Gasteiger partial charge < -0.3 is 0 Å². The van der Waals surface area contributed by atoms with E-state index < -0.39 is 0 Å². The van der Waals surface area contributed by atoms with Crippen LogP contribution in [0.1, 0.15) is 11.3 Å². The Hall–Kier alpha value is -1.22. The summed E-state index contributed by atoms with van der Waals surface area (Å²) < 4.78 is 1.07. The smallest absolute Gasteiger partial charge is 0.116 e. The van der Waals surface area contributed by atoms with Crippen molar-refractivity contribution >= 4 is 15.9 Å². The zero-order chi connectivity index (χ0) is 10.8. The third-order valence-corrected chi connectivity index (χ3v) is 2.93. The molecule has 0 bridgehead atoms. The molecule has 3 heteroatoms. The van der Waals surface area contributed by atoms with Crippen molar-refractivity contribution in [2.45, 2.75) is 13.8 Å². The van der Waals surface area contributed by atoms with Crippen LogP contribution in [0.3, 0.4) is 0 Å². The minimum absolute atomic E-state index is 1.00. The number of halogens is 1. The Morgan fingerprint density at radius 3 is 2.67 bits per heavy atom. The summed E-state index contributed by atoms with van der Waals surface area (Å²) in [4.78, 5) is 8.48. The van der Waals surface area contributed by atoms with E-state index in [-0.39, 0.29) is 0 Å². The molecule has 1 heterocycles. The molecule has 0 radical (unpaired) electrons. The number of benzene rings is 1. The zero-order valence-electron chi connectivity index (χ0n) is 8.66. The first-order chi connectivity index (χ1) is 7.18. The molecule has 2 rings (SSSR count). The average Bonchev–Trinajstić information content (AvgIpc) is 2.22. The van der Waals surface area contributed by atoms with Crippen molar-refractivity contribution in [3.63, 3.8) is 0 Å². The predicted octanol–water partition coefficient (Wildman–Crippen LogP) is 3.52. The predicted molar refractivity (Wildman–Crippen MR) is 64.6 cm³/mol. The van der Waals surface area contributed by atoms with Gasteiger partial charge in [-0.05, 0) is 31.5 Å². The van der Waals surface area contributed by atoms with Crippen LogP contribution in [-0.4, -0.2) is 9.97 Å². The Balaban J connectivity index is 2.59. The number of nitrogens with zero attached hydrogens (tertiary/aromatic N) is 2. The van der Waals surface area contributed by atoms with E-state index in [9.17, 15) is 0 Å². The second kappa shape index (κ2) is 4.11. The highest BCUT2D eigenvalue weighted by Gasteiger charge is 2.05. The van der Waals surface area contributed by atoms with Crippen LogP contribution in [0.5, 0.6) is 0 Å². The fourth-order valence-electron chi connectivity index (χ4n) is 1.47. The average molecular weight is 263 g/mol. The van der Waals surface area contributed by atoms with Crippen LogP contribution in [0.4, 0.5) is 0 Å². The number of hydrogen-bond acceptors (Lipinski definition) is 2. The lowest BCUT2D eigenvalue weighted by molar-refractivity contribution is 1.07. The SMILES string of the molecule is Cc1ncnc(-c2cccc(Br)c2)c1C. The molecule has 0 N–H and O–H groups in total. The fourth-order valence-corrected chi connectivity index (χ4v) is 1.86. The molecule has 0 saturated heterocycles. The third kappa shape index (κ3) is 2.07. The summed E-state index contributed by atoms with van der Waals surface area (Å²) in [5, 5.41) is 0. The minimum atomic E-state index is 1.00. The standard InChI is InChI=1S/C12H11BrN2/c1-8-9(2)14-7-15-12(8)10-4-3-5-11(13)6-10/h3-7H,1-2H3. The van der Waals surface area contributed by atoms with Crippen LogP contribution in [-0.2, 0) is 0 Å². The van der Waals surface area contributed by atoms with Crippen molar-refractivity contribution in [1.29, 1.82) is 0 Å². The first kappa shape index (κ1) is 10.3. The van der Waals surface area contributed by atoms with Gasteiger partial charge in [0.2, 0.25) is 0 Å². The quantitative estimate of drug-likeness (QED) is 0.786. The van der Waals surface area contributed by atoms with Gasteiger partial charge >= 0.3 is 0 Å². The Morgan fingerprint density at radius 2 is 1.93 bits per heavy atom. The minimum Gasteiger partial charge on any atom is -0.241 e. The van der Waals surface area contributed by atoms with Crippen LogP contribution in [0.25, 0.3) is 11.3 Å². The van der Waals surface area contributed by atoms with Crippen LogP contribution in [0, 0.1) is 13.8 Å². The van der Waals surface area contributed by atoms with E-state index in [0.717, 1.165) is 27.0 Å². The first-order valence-electron chi connectivity index (χ1n) is 4.72. The number of rotatable bonds is 1. The molecule has 1 aromatic heterocycles. The Morgan fingerprint density at radius 1 is 1.13 bits per heavy atom. The van der Waals surface area contributed by atoms with E-state index in [1.807, 2.05) is 26.0 Å². The Bertz CT molecular complexity index is 495. The summed E-state index contributed by atoms with van der Waals surface area (Å²) >= 11 is 3.46. The summed E-state index contributed by atoms with van der Waals surface area (Å²) in [7, 11) is 0. The Kier molecular flexibility index (Phi) is 2.82. The summed E-state index contributed by atoms with van der Waals surface area (Å²) in [6.45, 7) is 4.05. The van der Waals surface area contributed by atoms with Crippen molar-refractivity contribution < 1.29 is 0 Å². The lowest BCUT2D eigenvalue weighted by Crippen LogP contribution is -1.94. The monoisotopic (exact) mass is 262 g/mol. The van der Waals surface area contributed by atoms with Gasteiger partial charge in [-0.25, -0.2) is 9.97 Å². The van der Waals surface area contributed by atoms with E-state index in [1.165, 1.54) is 0 Å².